The summed E-state index contributed by atoms with van der Waals surface area (Å²) in [6.45, 7) is 20.3. The molecule has 2 saturated carbocycles. The van der Waals surface area contributed by atoms with Gasteiger partial charge in [0.2, 0.25) is 0 Å². The number of likely N-dealkylation sites (tertiary alicyclic amines) is 2. The molecule has 380 valence electrons. The maximum Gasteiger partial charge on any atom is 0.309 e. The Hall–Kier alpha value is -4.26. The third-order valence-electron chi connectivity index (χ3n) is 14.2. The first-order valence-electron chi connectivity index (χ1n) is 26.4. The second-order valence-corrected chi connectivity index (χ2v) is 20.5. The number of carbonyl (C=O) groups excluding carboxylic acids is 2. The lowest BCUT2D eigenvalue weighted by molar-refractivity contribution is -0.150. The number of hydrogen-bond donors (Lipinski definition) is 2. The average molecular weight is 953 g/mol. The fraction of sp³-hybridized carbons (Fsp3) is 0.621. The van der Waals surface area contributed by atoms with Crippen molar-refractivity contribution >= 4 is 33.5 Å². The summed E-state index contributed by atoms with van der Waals surface area (Å²) in [4.78, 5) is 28.6. The molecule has 0 radical (unpaired) electrons. The summed E-state index contributed by atoms with van der Waals surface area (Å²) in [5, 5.41) is 23.5. The van der Waals surface area contributed by atoms with Crippen molar-refractivity contribution in [2.45, 2.75) is 156 Å². The number of hydrogen-bond acceptors (Lipinski definition) is 11. The highest BCUT2D eigenvalue weighted by Crippen LogP contribution is 2.31. The van der Waals surface area contributed by atoms with Crippen LogP contribution in [0.4, 0.5) is 0 Å². The monoisotopic (exact) mass is 953 g/mol. The number of carbonyl (C=O) groups is 2. The fourth-order valence-electron chi connectivity index (χ4n) is 10.1. The van der Waals surface area contributed by atoms with E-state index < -0.39 is 0 Å². The Morgan fingerprint density at radius 3 is 1.43 bits per heavy atom. The van der Waals surface area contributed by atoms with Crippen molar-refractivity contribution in [3.63, 3.8) is 0 Å². The number of aliphatic hydroxyl groups is 1. The summed E-state index contributed by atoms with van der Waals surface area (Å²) in [5.41, 5.74) is 2.58. The van der Waals surface area contributed by atoms with Crippen molar-refractivity contribution in [3.05, 3.63) is 83.9 Å². The van der Waals surface area contributed by atoms with Crippen LogP contribution in [0, 0.1) is 23.7 Å². The number of aliphatic hydroxyl groups excluding tert-OH is 1. The van der Waals surface area contributed by atoms with Crippen molar-refractivity contribution < 1.29 is 43.5 Å². The van der Waals surface area contributed by atoms with Gasteiger partial charge < -0.3 is 33.9 Å². The Kier molecular flexibility index (Phi) is 21.9. The lowest BCUT2D eigenvalue weighted by Gasteiger charge is -2.30. The molecule has 0 unspecified atom stereocenters. The molecule has 4 aromatic carbocycles. The zero-order chi connectivity index (χ0) is 49.1. The van der Waals surface area contributed by atoms with Gasteiger partial charge in [0.1, 0.15) is 11.5 Å². The lowest BCUT2D eigenvalue weighted by atomic mass is 9.88. The number of aromatic hydroxyl groups is 1. The molecule has 4 fully saturated rings. The highest BCUT2D eigenvalue weighted by atomic mass is 16.5. The number of esters is 2. The molecular formula is C58H84N2O9. The predicted molar refractivity (Wildman–Crippen MR) is 275 cm³/mol. The van der Waals surface area contributed by atoms with Crippen molar-refractivity contribution in [2.75, 3.05) is 52.6 Å². The number of piperidine rings is 2. The first-order chi connectivity index (χ1) is 33.3. The Labute approximate surface area is 413 Å². The van der Waals surface area contributed by atoms with Crippen molar-refractivity contribution in [1.29, 1.82) is 0 Å². The van der Waals surface area contributed by atoms with Gasteiger partial charge in [-0.15, -0.1) is 0 Å². The normalized spacial score (nSPS) is 21.9. The van der Waals surface area contributed by atoms with Crippen LogP contribution in [-0.2, 0) is 41.6 Å². The smallest absolute Gasteiger partial charge is 0.309 e. The topological polar surface area (TPSA) is 127 Å². The highest BCUT2D eigenvalue weighted by molar-refractivity contribution is 5.85. The molecule has 2 aliphatic carbocycles. The van der Waals surface area contributed by atoms with Gasteiger partial charge in [0.15, 0.2) is 0 Å². The van der Waals surface area contributed by atoms with Gasteiger partial charge in [0.25, 0.3) is 0 Å². The van der Waals surface area contributed by atoms with Crippen molar-refractivity contribution in [2.24, 2.45) is 23.7 Å². The number of rotatable bonds is 16. The van der Waals surface area contributed by atoms with Crippen molar-refractivity contribution in [1.82, 2.24) is 9.80 Å². The summed E-state index contributed by atoms with van der Waals surface area (Å²) < 4.78 is 28.0. The van der Waals surface area contributed by atoms with Gasteiger partial charge in [-0.25, -0.2) is 0 Å². The molecule has 2 N–H and O–H groups in total. The zero-order valence-electron chi connectivity index (χ0n) is 42.7. The van der Waals surface area contributed by atoms with Crippen LogP contribution < -0.4 is 4.74 Å². The minimum atomic E-state index is -0.0438. The molecule has 2 heterocycles. The Balaban J connectivity index is 0.000000191. The van der Waals surface area contributed by atoms with E-state index in [9.17, 15) is 19.8 Å². The van der Waals surface area contributed by atoms with Gasteiger partial charge in [-0.2, -0.15) is 0 Å². The third-order valence-corrected chi connectivity index (χ3v) is 14.2. The standard InChI is InChI=1S/C29H41NO4.C19H23NO3.C10H20O2/c1-4-32-29(31)24-13-15-30(16-14-24)19-23-5-8-26-18-28(12-9-25(26)17-23)34-27-10-6-22(7-11-27)20-33-21(2)3;1-2-23-19(22)15-7-9-20(10-8-15)13-14-3-4-17-12-18(21)6-5-16(17)11-14;1-8(2)12-7-9-3-5-10(11)6-4-9/h5,8-9,12,17-18,21-22,24,27H,4,6-7,10-11,13-16,19-20H2,1-3H3;3-6,11-12,15,21H,2,7-10,13H2,1H3;8-11H,3-7H2,1-2H3. The van der Waals surface area contributed by atoms with E-state index in [0.29, 0.717) is 49.1 Å². The molecule has 4 aromatic rings. The molecule has 0 atom stereocenters. The van der Waals surface area contributed by atoms with Gasteiger partial charge in [-0.05, 0) is 226 Å². The summed E-state index contributed by atoms with van der Waals surface area (Å²) in [6.07, 6.45) is 13.2. The average Bonchev–Trinajstić information content (AvgIpc) is 3.34. The number of phenolic OH excluding ortho intramolecular Hbond substituents is 1. The maximum absolute atomic E-state index is 12.0. The first kappa shape index (κ1) is 54.1. The zero-order valence-corrected chi connectivity index (χ0v) is 42.7. The molecule has 2 aliphatic heterocycles. The second kappa shape index (κ2) is 28.0. The number of benzene rings is 4. The molecule has 4 aliphatic rings. The van der Waals surface area contributed by atoms with Crippen LogP contribution >= 0.6 is 0 Å². The quantitative estimate of drug-likeness (QED) is 0.104. The highest BCUT2D eigenvalue weighted by Gasteiger charge is 2.28. The minimum absolute atomic E-state index is 0.0286. The summed E-state index contributed by atoms with van der Waals surface area (Å²) in [7, 11) is 0. The predicted octanol–water partition coefficient (Wildman–Crippen LogP) is 11.3. The van der Waals surface area contributed by atoms with Crippen LogP contribution in [0.5, 0.6) is 11.5 Å². The van der Waals surface area contributed by atoms with Crippen LogP contribution in [0.2, 0.25) is 0 Å². The molecule has 0 spiro atoms. The van der Waals surface area contributed by atoms with Gasteiger partial charge in [-0.3, -0.25) is 19.4 Å². The van der Waals surface area contributed by atoms with Crippen LogP contribution in [0.3, 0.4) is 0 Å². The Morgan fingerprint density at radius 1 is 0.551 bits per heavy atom. The van der Waals surface area contributed by atoms with Crippen LogP contribution in [0.25, 0.3) is 21.5 Å². The molecule has 11 nitrogen and oxygen atoms in total. The first-order valence-corrected chi connectivity index (χ1v) is 26.4. The minimum Gasteiger partial charge on any atom is -0.508 e. The molecule has 11 heteroatoms. The van der Waals surface area contributed by atoms with Gasteiger partial charge >= 0.3 is 11.9 Å². The largest absolute Gasteiger partial charge is 0.508 e. The van der Waals surface area contributed by atoms with E-state index in [2.05, 4.69) is 92.1 Å². The molecule has 0 bridgehead atoms. The van der Waals surface area contributed by atoms with E-state index >= 15 is 0 Å². The molecule has 69 heavy (non-hydrogen) atoms. The number of fused-ring (bicyclic) bond motifs is 2. The Morgan fingerprint density at radius 2 is 0.971 bits per heavy atom. The van der Waals surface area contributed by atoms with E-state index in [1.54, 1.807) is 12.1 Å². The Bertz CT molecular complexity index is 2150. The van der Waals surface area contributed by atoms with E-state index in [1.807, 2.05) is 19.9 Å². The SMILES string of the molecule is CC(C)OCC1CCC(O)CC1.CCOC(=O)C1CCN(Cc2ccc3cc(O)ccc3c2)CC1.CCOC(=O)C1CCN(Cc2ccc3cc(OC4CCC(COC(C)C)CC4)ccc3c2)CC1. The van der Waals surface area contributed by atoms with Gasteiger partial charge in [0, 0.05) is 26.3 Å². The maximum atomic E-state index is 12.0. The van der Waals surface area contributed by atoms with Crippen LogP contribution in [-0.4, -0.2) is 109 Å². The van der Waals surface area contributed by atoms with Gasteiger partial charge in [0.05, 0.1) is 49.5 Å². The van der Waals surface area contributed by atoms with Crippen LogP contribution in [0.1, 0.15) is 130 Å². The lowest BCUT2D eigenvalue weighted by Crippen LogP contribution is -2.36. The fourth-order valence-corrected chi connectivity index (χ4v) is 10.1. The molecule has 0 amide bonds. The number of nitrogens with zero attached hydrogens (tertiary/aromatic N) is 2. The van der Waals surface area contributed by atoms with Gasteiger partial charge in [-0.1, -0.05) is 36.4 Å². The molecular weight excluding hydrogens is 869 g/mol. The summed E-state index contributed by atoms with van der Waals surface area (Å²) in [5.74, 6) is 2.69. The molecule has 8 rings (SSSR count). The second-order valence-electron chi connectivity index (χ2n) is 20.5. The molecule has 2 saturated heterocycles. The third kappa shape index (κ3) is 18.1. The van der Waals surface area contributed by atoms with E-state index in [1.165, 1.54) is 34.7 Å². The van der Waals surface area contributed by atoms with Crippen molar-refractivity contribution in [3.8, 4) is 11.5 Å². The number of phenols is 1. The van der Waals surface area contributed by atoms with Crippen LogP contribution in [0.15, 0.2) is 72.8 Å². The van der Waals surface area contributed by atoms with E-state index in [0.717, 1.165) is 133 Å². The van der Waals surface area contributed by atoms with E-state index in [-0.39, 0.29) is 29.9 Å². The number of ether oxygens (including phenoxy) is 5. The summed E-state index contributed by atoms with van der Waals surface area (Å²) in [6, 6.07) is 25.0. The van der Waals surface area contributed by atoms with E-state index in [4.69, 9.17) is 23.7 Å². The molecule has 0 aromatic heterocycles. The summed E-state index contributed by atoms with van der Waals surface area (Å²) >= 11 is 0.